The Balaban J connectivity index is 0.000000277. The van der Waals surface area contributed by atoms with Gasteiger partial charge in [-0.2, -0.15) is 51.0 Å². The summed E-state index contributed by atoms with van der Waals surface area (Å²) >= 11 is 0. The number of rotatable bonds is 18. The summed E-state index contributed by atoms with van der Waals surface area (Å²) in [4.78, 5) is 82.1. The molecule has 7 aromatic heterocycles. The minimum Gasteiger partial charge on any atom is -1.00 e. The Morgan fingerprint density at radius 1 is 0.504 bits per heavy atom. The van der Waals surface area contributed by atoms with E-state index in [0.29, 0.717) is 71.0 Å². The molecule has 6 aromatic carbocycles. The summed E-state index contributed by atoms with van der Waals surface area (Å²) in [6.45, 7) is 28.2. The van der Waals surface area contributed by atoms with Crippen LogP contribution in [0, 0.1) is 6.92 Å². The molecule has 38 nitrogen and oxygen atoms in total. The molecule has 3 radical (unpaired) electrons. The normalized spacial score (nSPS) is 14.1. The van der Waals surface area contributed by atoms with Gasteiger partial charge in [0, 0.05) is 39.1 Å². The minimum absolute atomic E-state index is 0. The van der Waals surface area contributed by atoms with E-state index in [4.69, 9.17) is 26.0 Å². The first-order valence-corrected chi connectivity index (χ1v) is 44.0. The zero-order valence-electron chi connectivity index (χ0n) is 79.6. The van der Waals surface area contributed by atoms with Crippen molar-refractivity contribution in [3.05, 3.63) is 281 Å². The van der Waals surface area contributed by atoms with Crippen molar-refractivity contribution in [2.45, 2.75) is 145 Å². The van der Waals surface area contributed by atoms with Crippen LogP contribution in [0.15, 0.2) is 241 Å². The monoisotopic (exact) mass is 1860 g/mol. The second-order valence-corrected chi connectivity index (χ2v) is 34.8. The quantitative estimate of drug-likeness (QED) is 0.0211. The number of anilines is 5. The standard InChI is InChI=1S/C21H19OP.C16H21N5O.C16H19N5O.C9H12N4O2.C9H10N4O2.C9H13N.C7H8N4O2.C6H9N3O2.B.Li.Na.H2O.H/c1-18(22)17-23(19-11-5-2-6-12-19,20-13-7-3-8-14-20)21-15-9-4-10-16-21;2*1-11-9-17-20-14-13(10-18-21(11)14)15(22)19-16(2,3)12-7-5-4-6-8-12;2*1-3-15-9(14)7-5-11-13-6(2)4-10-12-8(7)13;1-9(2,10)8-6-4-3-5-7-8;1-4-2-8-10-6-5(7(12)13)3-9-11(4)6;1-2-11-6(10)4-3-8-9-5(4)7;;;;;/h2-17H,1H3;4-8,10-11,17,20H,9H2,1-3H3,(H,19,22);4-11,20H,1-3H3,(H,19,22);4-6,12H,3H2,1-2H3;4-5H,3H2,1-2H3;3-7H,10H2,1-2H3;2-4,10H,1H3,(H,12,13);3H,2H2,1H3,(H3,7,8,9);;;;1H2;/q;;;;;;;;;2*+1;;-1/p-1. The van der Waals surface area contributed by atoms with Crippen LogP contribution >= 0.6 is 6.89 Å². The van der Waals surface area contributed by atoms with Crippen LogP contribution in [0.2, 0.25) is 0 Å². The average Bonchev–Trinajstić information content (AvgIpc) is 0.952. The number of aromatic nitrogens is 14. The summed E-state index contributed by atoms with van der Waals surface area (Å²) in [7, 11) is 0. The molecule has 0 saturated heterocycles. The Labute approximate surface area is 820 Å². The molecule has 4 aliphatic heterocycles. The number of fused-ring (bicyclic) bond motifs is 5. The number of aromatic carboxylic acids is 1. The van der Waals surface area contributed by atoms with Gasteiger partial charge in [-0.3, -0.25) is 35.8 Å². The molecule has 4 unspecified atom stereocenters. The number of hydrazone groups is 3. The van der Waals surface area contributed by atoms with Gasteiger partial charge in [0.15, 0.2) is 34.7 Å². The topological polar surface area (TPSA) is 514 Å². The number of benzene rings is 6. The van der Waals surface area contributed by atoms with E-state index in [0.717, 1.165) is 23.4 Å². The number of hydrazine groups is 1. The van der Waals surface area contributed by atoms with Crippen LogP contribution in [0.25, 0.3) is 5.65 Å². The second-order valence-electron chi connectivity index (χ2n) is 31.5. The van der Waals surface area contributed by atoms with E-state index >= 15 is 0 Å². The van der Waals surface area contributed by atoms with Gasteiger partial charge < -0.3 is 53.7 Å². The number of carboxylic acid groups (broad SMARTS) is 1. The van der Waals surface area contributed by atoms with Gasteiger partial charge >= 0.3 is 72.3 Å². The van der Waals surface area contributed by atoms with Crippen molar-refractivity contribution in [2.24, 2.45) is 21.0 Å². The van der Waals surface area contributed by atoms with Gasteiger partial charge in [0.05, 0.1) is 104 Å². The van der Waals surface area contributed by atoms with Crippen molar-refractivity contribution >= 4 is 132 Å². The van der Waals surface area contributed by atoms with Crippen molar-refractivity contribution in [2.75, 3.05) is 53.8 Å². The van der Waals surface area contributed by atoms with Gasteiger partial charge in [-0.05, 0) is 149 Å². The predicted molar refractivity (Wildman–Crippen MR) is 517 cm³/mol. The number of ketones is 1. The summed E-state index contributed by atoms with van der Waals surface area (Å²) in [6.07, 6.45) is 15.5. The first-order valence-electron chi connectivity index (χ1n) is 42.1. The number of carboxylic acids is 1. The number of H-pyrrole nitrogens is 1. The SMILES string of the molecule is CC(=O)C=P(c1ccccc1)(c1ccccc1)c1ccccc1.CC(C)(N)c1ccccc1.CC1C=NNc2c(C(=O)NC(C)(C)c3ccccc3)cnn21.CC1C=NNc2c(C(=O)O)cnn21.CC1CNNc2c(C(=O)NC(C)(C)c3ccccc3)cnn21.CCOC(=O)c1cn[nH]c1N.CCOC(=O)c1cnn2c(C)cnnc12.CCOC(=O)c1cnn2c1NN=CC2C.[B].[H-].[Li+].[Na+].[OH-]. The van der Waals surface area contributed by atoms with Crippen molar-refractivity contribution in [3.63, 3.8) is 0 Å². The van der Waals surface area contributed by atoms with E-state index in [1.54, 1.807) is 83.5 Å². The van der Waals surface area contributed by atoms with Crippen molar-refractivity contribution in [1.29, 1.82) is 0 Å². The number of hydrogen-bond donors (Lipinski definition) is 11. The molecule has 4 atom stereocenters. The molecule has 14 N–H and O–H groups in total. The first kappa shape index (κ1) is 110. The van der Waals surface area contributed by atoms with E-state index in [9.17, 15) is 33.6 Å². The maximum absolute atomic E-state index is 12.6. The summed E-state index contributed by atoms with van der Waals surface area (Å²) in [6, 6.07) is 61.3. The van der Waals surface area contributed by atoms with E-state index in [2.05, 4.69) is 147 Å². The van der Waals surface area contributed by atoms with E-state index in [1.807, 2.05) is 225 Å². The molecular weight excluding hydrogens is 1740 g/mol. The zero-order valence-corrected chi connectivity index (χ0v) is 81.5. The number of esters is 3. The summed E-state index contributed by atoms with van der Waals surface area (Å²) in [5.74, 6) is 2.07. The fraction of sp³-hybridized carbons (Fsp3) is 0.280. The number of nitrogens with two attached hydrogens (primary N) is 2. The van der Waals surface area contributed by atoms with Gasteiger partial charge in [-0.25, -0.2) is 47.8 Å². The van der Waals surface area contributed by atoms with Crippen LogP contribution in [0.5, 0.6) is 0 Å². The number of aromatic amines is 1. The van der Waals surface area contributed by atoms with Crippen LogP contribution in [0.1, 0.15) is 207 Å². The van der Waals surface area contributed by atoms with Crippen LogP contribution in [-0.2, 0) is 35.6 Å². The molecule has 13 aromatic rings. The Morgan fingerprint density at radius 3 is 1.24 bits per heavy atom. The number of Topliss-reactive ketones (excluding diaryl/α,β-unsaturated/α-hetero) is 1. The second kappa shape index (κ2) is 51.5. The number of carbonyl (C=O) groups excluding carboxylic acids is 6. The number of aryl methyl sites for hydroxylation is 1. The van der Waals surface area contributed by atoms with E-state index < -0.39 is 35.9 Å². The molecule has 0 saturated carbocycles. The number of ether oxygens (including phenoxy) is 3. The van der Waals surface area contributed by atoms with Crippen molar-refractivity contribution < 1.29 is 108 Å². The van der Waals surface area contributed by atoms with Crippen molar-refractivity contribution in [3.8, 4) is 0 Å². The zero-order chi connectivity index (χ0) is 94.6. The van der Waals surface area contributed by atoms with Gasteiger partial charge in [0.25, 0.3) is 11.8 Å². The third kappa shape index (κ3) is 28.4. The first-order chi connectivity index (χ1) is 62.7. The molecule has 2 amide bonds. The fourth-order valence-corrected chi connectivity index (χ4v) is 17.3. The number of nitrogen functional groups attached to an aromatic ring is 1. The molecule has 0 spiro atoms. The molecule has 17 rings (SSSR count). The predicted octanol–water partition coefficient (Wildman–Crippen LogP) is 5.74. The number of hydrogen-bond acceptors (Lipinski definition) is 29. The molecule has 135 heavy (non-hydrogen) atoms. The van der Waals surface area contributed by atoms with Crippen molar-refractivity contribution in [1.82, 2.24) is 85.2 Å². The molecule has 0 fully saturated rings. The summed E-state index contributed by atoms with van der Waals surface area (Å²) < 4.78 is 22.9. The van der Waals surface area contributed by atoms with Gasteiger partial charge in [0.1, 0.15) is 39.2 Å². The Kier molecular flexibility index (Phi) is 42.0. The largest absolute Gasteiger partial charge is 1.00 e. The Morgan fingerprint density at radius 2 is 0.859 bits per heavy atom. The van der Waals surface area contributed by atoms with Gasteiger partial charge in [-0.15, -0.1) is 5.10 Å². The molecule has 42 heteroatoms. The molecule has 697 valence electrons. The summed E-state index contributed by atoms with van der Waals surface area (Å²) in [5.41, 5.74) is 31.1. The molecule has 4 aliphatic rings. The van der Waals surface area contributed by atoms with Crippen LogP contribution in [0.3, 0.4) is 0 Å². The fourth-order valence-electron chi connectivity index (χ4n) is 13.5. The third-order valence-electron chi connectivity index (χ3n) is 20.3. The minimum atomic E-state index is -2.08. The number of nitrogens with one attached hydrogen (secondary N) is 8. The Bertz CT molecular complexity index is 6100. The average molecular weight is 1860 g/mol. The van der Waals surface area contributed by atoms with Crippen LogP contribution in [-0.4, -0.2) is 180 Å². The molecular formula is C93H113BLiN26NaO12P. The van der Waals surface area contributed by atoms with Crippen LogP contribution < -0.4 is 114 Å². The van der Waals surface area contributed by atoms with E-state index in [-0.39, 0.29) is 134 Å². The van der Waals surface area contributed by atoms with Gasteiger partial charge in [-0.1, -0.05) is 182 Å². The number of nitrogens with zero attached hydrogens (tertiary/aromatic N) is 16. The number of carbonyl (C=O) groups is 7. The number of amides is 2. The molecule has 0 aliphatic carbocycles. The maximum Gasteiger partial charge on any atom is 1.00 e. The maximum atomic E-state index is 12.6. The third-order valence-corrected chi connectivity index (χ3v) is 24.4. The van der Waals surface area contributed by atoms with Crippen LogP contribution in [0.4, 0.5) is 29.1 Å². The smallest absolute Gasteiger partial charge is 1.00 e. The van der Waals surface area contributed by atoms with E-state index in [1.165, 1.54) is 46.3 Å². The Hall–Kier alpha value is -13.7. The summed E-state index contributed by atoms with van der Waals surface area (Å²) in [5, 5.41) is 64.6. The van der Waals surface area contributed by atoms with Gasteiger partial charge in [0.2, 0.25) is 0 Å². The molecule has 11 heterocycles. The molecule has 0 bridgehead atoms.